The summed E-state index contributed by atoms with van der Waals surface area (Å²) >= 11 is 0. The van der Waals surface area contributed by atoms with Crippen LogP contribution in [0.1, 0.15) is 0 Å². The van der Waals surface area contributed by atoms with Crippen molar-refractivity contribution in [3.63, 3.8) is 0 Å². The molecule has 0 aliphatic heterocycles. The molecule has 1 rings (SSSR count). The molecule has 0 N–H and O–H groups in total. The van der Waals surface area contributed by atoms with Crippen molar-refractivity contribution in [2.75, 3.05) is 6.86 Å². The third kappa shape index (κ3) is 1.64. The number of ether oxygens (including phenoxy) is 1. The Hall–Kier alpha value is -1.19. The van der Waals surface area contributed by atoms with Crippen LogP contribution >= 0.6 is 0 Å². The minimum absolute atomic E-state index is 0.257. The van der Waals surface area contributed by atoms with Gasteiger partial charge in [-0.1, -0.05) is 0 Å². The fraction of sp³-hybridized carbons (Fsp3) is 0.200. The van der Waals surface area contributed by atoms with E-state index in [9.17, 15) is 4.39 Å². The van der Waals surface area contributed by atoms with Gasteiger partial charge >= 0.3 is 0 Å². The predicted molar refractivity (Wildman–Crippen MR) is 28.6 cm³/mol. The highest BCUT2D eigenvalue weighted by Gasteiger charge is 1.88. The minimum Gasteiger partial charge on any atom is -0.446 e. The molecule has 1 heterocycles. The summed E-state index contributed by atoms with van der Waals surface area (Å²) < 4.78 is 15.8. The lowest BCUT2D eigenvalue weighted by atomic mass is 10.6. The van der Waals surface area contributed by atoms with Crippen LogP contribution < -0.4 is 4.74 Å². The van der Waals surface area contributed by atoms with Crippen LogP contribution in [0.3, 0.4) is 0 Å². The number of hydrogen-bond donors (Lipinski definition) is 0. The Morgan fingerprint density at radius 1 is 1.67 bits per heavy atom. The van der Waals surface area contributed by atoms with Gasteiger partial charge in [0.25, 0.3) is 0 Å². The maximum Gasteiger partial charge on any atom is 0.230 e. The summed E-state index contributed by atoms with van der Waals surface area (Å²) in [5.74, 6) is 0.257. The monoisotopic (exact) mass is 128 g/mol. The van der Waals surface area contributed by atoms with Crippen molar-refractivity contribution in [1.29, 1.82) is 0 Å². The first-order valence-electron chi connectivity index (χ1n) is 2.38. The highest BCUT2D eigenvalue weighted by molar-refractivity contribution is 5.03. The van der Waals surface area contributed by atoms with Crippen LogP contribution in [-0.2, 0) is 0 Å². The number of nitrogens with zero attached hydrogens (tertiary/aromatic N) is 2. The van der Waals surface area contributed by atoms with Crippen molar-refractivity contribution in [2.45, 2.75) is 0 Å². The van der Waals surface area contributed by atoms with Gasteiger partial charge in [-0.3, -0.25) is 0 Å². The second-order valence-electron chi connectivity index (χ2n) is 1.30. The van der Waals surface area contributed by atoms with Crippen LogP contribution in [0.25, 0.3) is 0 Å². The molecular weight excluding hydrogens is 123 g/mol. The number of alkyl halides is 1. The molecule has 0 aliphatic carbocycles. The molecule has 48 valence electrons. The summed E-state index contributed by atoms with van der Waals surface area (Å²) in [6.07, 6.45) is 2.78. The smallest absolute Gasteiger partial charge is 0.230 e. The van der Waals surface area contributed by atoms with E-state index < -0.39 is 6.86 Å². The second-order valence-corrected chi connectivity index (χ2v) is 1.30. The van der Waals surface area contributed by atoms with Gasteiger partial charge in [0.15, 0.2) is 0 Å². The highest BCUT2D eigenvalue weighted by Crippen LogP contribution is 2.00. The molecule has 1 aromatic rings. The van der Waals surface area contributed by atoms with Crippen molar-refractivity contribution >= 4 is 0 Å². The van der Waals surface area contributed by atoms with Gasteiger partial charge in [-0.05, 0) is 0 Å². The van der Waals surface area contributed by atoms with Gasteiger partial charge < -0.3 is 4.74 Å². The molecular formula is C5H5FN2O. The summed E-state index contributed by atoms with van der Waals surface area (Å²) in [7, 11) is 0. The van der Waals surface area contributed by atoms with Crippen LogP contribution in [0.2, 0.25) is 0 Å². The van der Waals surface area contributed by atoms with E-state index in [1.807, 2.05) is 0 Å². The first-order chi connectivity index (χ1) is 4.43. The lowest BCUT2D eigenvalue weighted by molar-refractivity contribution is 0.184. The molecule has 1 aromatic heterocycles. The van der Waals surface area contributed by atoms with Gasteiger partial charge in [0.1, 0.15) is 6.33 Å². The van der Waals surface area contributed by atoms with Crippen molar-refractivity contribution in [1.82, 2.24) is 9.97 Å². The molecule has 0 fully saturated rings. The zero-order chi connectivity index (χ0) is 6.53. The standard InChI is InChI=1S/C5H5FN2O/c6-3-9-5-1-2-7-4-8-5/h1-2,4H,3H2. The third-order valence-corrected chi connectivity index (χ3v) is 0.757. The molecule has 0 atom stereocenters. The normalized spacial score (nSPS) is 9.00. The van der Waals surface area contributed by atoms with Gasteiger partial charge in [0.2, 0.25) is 12.7 Å². The lowest BCUT2D eigenvalue weighted by Crippen LogP contribution is -1.91. The zero-order valence-electron chi connectivity index (χ0n) is 4.62. The molecule has 0 unspecified atom stereocenters. The first-order valence-corrected chi connectivity index (χ1v) is 2.38. The molecule has 0 spiro atoms. The molecule has 0 aromatic carbocycles. The van der Waals surface area contributed by atoms with Gasteiger partial charge in [-0.15, -0.1) is 0 Å². The highest BCUT2D eigenvalue weighted by atomic mass is 19.1. The van der Waals surface area contributed by atoms with Gasteiger partial charge in [-0.25, -0.2) is 14.4 Å². The number of hydrogen-bond acceptors (Lipinski definition) is 3. The zero-order valence-corrected chi connectivity index (χ0v) is 4.62. The van der Waals surface area contributed by atoms with E-state index in [1.165, 1.54) is 18.6 Å². The molecule has 0 amide bonds. The summed E-state index contributed by atoms with van der Waals surface area (Å²) in [5, 5.41) is 0. The van der Waals surface area contributed by atoms with E-state index in [0.717, 1.165) is 0 Å². The Kier molecular flexibility index (Phi) is 1.95. The first kappa shape index (κ1) is 5.94. The maximum atomic E-state index is 11.4. The third-order valence-electron chi connectivity index (χ3n) is 0.757. The van der Waals surface area contributed by atoms with Crippen molar-refractivity contribution in [3.8, 4) is 5.88 Å². The number of aromatic nitrogens is 2. The van der Waals surface area contributed by atoms with E-state index in [4.69, 9.17) is 0 Å². The largest absolute Gasteiger partial charge is 0.446 e. The van der Waals surface area contributed by atoms with Gasteiger partial charge in [0, 0.05) is 12.3 Å². The Morgan fingerprint density at radius 2 is 2.56 bits per heavy atom. The molecule has 0 saturated heterocycles. The van der Waals surface area contributed by atoms with E-state index in [1.54, 1.807) is 0 Å². The van der Waals surface area contributed by atoms with Gasteiger partial charge in [0.05, 0.1) is 0 Å². The molecule has 9 heavy (non-hydrogen) atoms. The summed E-state index contributed by atoms with van der Waals surface area (Å²) in [6, 6.07) is 1.49. The van der Waals surface area contributed by atoms with Crippen molar-refractivity contribution in [3.05, 3.63) is 18.6 Å². The Bertz CT molecular complexity index is 168. The quantitative estimate of drug-likeness (QED) is 0.590. The van der Waals surface area contributed by atoms with Gasteiger partial charge in [-0.2, -0.15) is 0 Å². The predicted octanol–water partition coefficient (Wildman–Crippen LogP) is 0.782. The number of rotatable bonds is 2. The fourth-order valence-electron chi connectivity index (χ4n) is 0.420. The molecule has 0 aliphatic rings. The van der Waals surface area contributed by atoms with E-state index in [2.05, 4.69) is 14.7 Å². The topological polar surface area (TPSA) is 35.0 Å². The maximum absolute atomic E-state index is 11.4. The van der Waals surface area contributed by atoms with Crippen molar-refractivity contribution < 1.29 is 9.13 Å². The Morgan fingerprint density at radius 3 is 3.11 bits per heavy atom. The second kappa shape index (κ2) is 2.96. The molecule has 3 nitrogen and oxygen atoms in total. The number of halogens is 1. The molecule has 0 radical (unpaired) electrons. The van der Waals surface area contributed by atoms with E-state index in [-0.39, 0.29) is 5.88 Å². The van der Waals surface area contributed by atoms with Crippen LogP contribution in [-0.4, -0.2) is 16.8 Å². The van der Waals surface area contributed by atoms with E-state index in [0.29, 0.717) is 0 Å². The summed E-state index contributed by atoms with van der Waals surface area (Å²) in [4.78, 5) is 7.21. The van der Waals surface area contributed by atoms with Crippen LogP contribution in [0.5, 0.6) is 5.88 Å². The SMILES string of the molecule is FCOc1ccncn1. The average molecular weight is 128 g/mol. The molecule has 0 saturated carbocycles. The Labute approximate surface area is 51.5 Å². The van der Waals surface area contributed by atoms with E-state index >= 15 is 0 Å². The Balaban J connectivity index is 2.61. The van der Waals surface area contributed by atoms with Crippen molar-refractivity contribution in [2.24, 2.45) is 0 Å². The minimum atomic E-state index is -0.850. The summed E-state index contributed by atoms with van der Waals surface area (Å²) in [5.41, 5.74) is 0. The average Bonchev–Trinajstić information content (AvgIpc) is 1.91. The van der Waals surface area contributed by atoms with Crippen LogP contribution in [0, 0.1) is 0 Å². The van der Waals surface area contributed by atoms with Crippen LogP contribution in [0.15, 0.2) is 18.6 Å². The molecule has 4 heteroatoms. The fourth-order valence-corrected chi connectivity index (χ4v) is 0.420. The lowest BCUT2D eigenvalue weighted by Gasteiger charge is -1.94. The molecule has 0 bridgehead atoms. The van der Waals surface area contributed by atoms with Crippen LogP contribution in [0.4, 0.5) is 4.39 Å². The summed E-state index contributed by atoms with van der Waals surface area (Å²) in [6.45, 7) is -0.850.